The molecule has 1 unspecified atom stereocenters. The Morgan fingerprint density at radius 1 is 1.35 bits per heavy atom. The second kappa shape index (κ2) is 7.05. The first-order chi connectivity index (χ1) is 9.76. The van der Waals surface area contributed by atoms with Crippen LogP contribution in [0.5, 0.6) is 5.88 Å². The van der Waals surface area contributed by atoms with E-state index in [0.29, 0.717) is 5.88 Å². The summed E-state index contributed by atoms with van der Waals surface area (Å²) in [5, 5.41) is 7.71. The van der Waals surface area contributed by atoms with E-state index >= 15 is 0 Å². The Balaban J connectivity index is 2.12. The highest BCUT2D eigenvalue weighted by molar-refractivity contribution is 5.29. The molecule has 1 N–H and O–H groups in total. The van der Waals surface area contributed by atoms with E-state index in [4.69, 9.17) is 4.74 Å². The number of methoxy groups -OCH3 is 1. The van der Waals surface area contributed by atoms with E-state index < -0.39 is 0 Å². The van der Waals surface area contributed by atoms with E-state index in [1.54, 1.807) is 13.3 Å². The molecule has 0 fully saturated rings. The maximum absolute atomic E-state index is 5.36. The SMILES string of the molecule is CCNC(CCc1ccnn1C)c1cccnc1OC. The lowest BCUT2D eigenvalue weighted by Crippen LogP contribution is -2.22. The van der Waals surface area contributed by atoms with Crippen molar-refractivity contribution in [1.29, 1.82) is 0 Å². The van der Waals surface area contributed by atoms with Crippen molar-refractivity contribution >= 4 is 0 Å². The summed E-state index contributed by atoms with van der Waals surface area (Å²) in [6.45, 7) is 3.02. The number of hydrogen-bond donors (Lipinski definition) is 1. The van der Waals surface area contributed by atoms with Crippen LogP contribution in [-0.2, 0) is 13.5 Å². The Kier molecular flexibility index (Phi) is 5.12. The normalized spacial score (nSPS) is 12.3. The first-order valence-electron chi connectivity index (χ1n) is 6.95. The number of rotatable bonds is 7. The minimum absolute atomic E-state index is 0.235. The standard InChI is InChI=1S/C15H22N4O/c1-4-16-14(8-7-12-9-11-18-19(12)2)13-6-5-10-17-15(13)20-3/h5-6,9-11,14,16H,4,7-8H2,1-3H3. The molecule has 2 rings (SSSR count). The van der Waals surface area contributed by atoms with E-state index in [1.807, 2.05) is 24.0 Å². The van der Waals surface area contributed by atoms with Crippen LogP contribution in [0, 0.1) is 0 Å². The van der Waals surface area contributed by atoms with Gasteiger partial charge in [0.25, 0.3) is 0 Å². The lowest BCUT2D eigenvalue weighted by molar-refractivity contribution is 0.379. The highest BCUT2D eigenvalue weighted by Gasteiger charge is 2.16. The van der Waals surface area contributed by atoms with Gasteiger partial charge < -0.3 is 10.1 Å². The molecule has 0 saturated carbocycles. The molecule has 20 heavy (non-hydrogen) atoms. The van der Waals surface area contributed by atoms with Crippen molar-refractivity contribution in [3.63, 3.8) is 0 Å². The third-order valence-corrected chi connectivity index (χ3v) is 3.43. The van der Waals surface area contributed by atoms with Crippen molar-refractivity contribution < 1.29 is 4.74 Å². The third-order valence-electron chi connectivity index (χ3n) is 3.43. The van der Waals surface area contributed by atoms with Crippen molar-refractivity contribution in [2.75, 3.05) is 13.7 Å². The summed E-state index contributed by atoms with van der Waals surface area (Å²) in [4.78, 5) is 4.28. The number of aryl methyl sites for hydroxylation is 2. The van der Waals surface area contributed by atoms with Crippen LogP contribution >= 0.6 is 0 Å². The molecule has 0 aliphatic heterocycles. The van der Waals surface area contributed by atoms with Gasteiger partial charge in [0, 0.05) is 36.7 Å². The molecule has 2 heterocycles. The summed E-state index contributed by atoms with van der Waals surface area (Å²) < 4.78 is 7.28. The van der Waals surface area contributed by atoms with Crippen molar-refractivity contribution in [1.82, 2.24) is 20.1 Å². The fourth-order valence-corrected chi connectivity index (χ4v) is 2.39. The monoisotopic (exact) mass is 274 g/mol. The van der Waals surface area contributed by atoms with Gasteiger partial charge in [-0.1, -0.05) is 13.0 Å². The number of pyridine rings is 1. The molecule has 108 valence electrons. The number of nitrogens with one attached hydrogen (secondary N) is 1. The predicted molar refractivity (Wildman–Crippen MR) is 78.7 cm³/mol. The zero-order valence-electron chi connectivity index (χ0n) is 12.3. The second-order valence-corrected chi connectivity index (χ2v) is 4.70. The highest BCUT2D eigenvalue weighted by Crippen LogP contribution is 2.26. The summed E-state index contributed by atoms with van der Waals surface area (Å²) in [5.74, 6) is 0.698. The van der Waals surface area contributed by atoms with Gasteiger partial charge >= 0.3 is 0 Å². The summed E-state index contributed by atoms with van der Waals surface area (Å²) in [6.07, 6.45) is 5.54. The molecular weight excluding hydrogens is 252 g/mol. The minimum atomic E-state index is 0.235. The topological polar surface area (TPSA) is 52.0 Å². The summed E-state index contributed by atoms with van der Waals surface area (Å²) in [7, 11) is 3.64. The van der Waals surface area contributed by atoms with Crippen molar-refractivity contribution in [3.8, 4) is 5.88 Å². The molecule has 5 heteroatoms. The van der Waals surface area contributed by atoms with Crippen LogP contribution in [0.1, 0.15) is 30.6 Å². The lowest BCUT2D eigenvalue weighted by Gasteiger charge is -2.20. The number of nitrogens with zero attached hydrogens (tertiary/aromatic N) is 3. The molecule has 1 atom stereocenters. The predicted octanol–water partition coefficient (Wildman–Crippen LogP) is 2.11. The average molecular weight is 274 g/mol. The van der Waals surface area contributed by atoms with Crippen LogP contribution in [0.2, 0.25) is 0 Å². The van der Waals surface area contributed by atoms with Crippen LogP contribution < -0.4 is 10.1 Å². The zero-order chi connectivity index (χ0) is 14.4. The highest BCUT2D eigenvalue weighted by atomic mass is 16.5. The second-order valence-electron chi connectivity index (χ2n) is 4.70. The molecule has 5 nitrogen and oxygen atoms in total. The maximum atomic E-state index is 5.36. The number of ether oxygens (including phenoxy) is 1. The van der Waals surface area contributed by atoms with E-state index in [-0.39, 0.29) is 6.04 Å². The Bertz CT molecular complexity index is 538. The summed E-state index contributed by atoms with van der Waals surface area (Å²) in [5.41, 5.74) is 2.34. The van der Waals surface area contributed by atoms with Crippen LogP contribution in [0.15, 0.2) is 30.6 Å². The molecule has 0 aromatic carbocycles. The molecule has 0 saturated heterocycles. The van der Waals surface area contributed by atoms with Gasteiger partial charge in [-0.3, -0.25) is 4.68 Å². The Morgan fingerprint density at radius 3 is 2.85 bits per heavy atom. The number of aromatic nitrogens is 3. The molecule has 2 aromatic heterocycles. The fourth-order valence-electron chi connectivity index (χ4n) is 2.39. The molecule has 0 amide bonds. The van der Waals surface area contributed by atoms with Gasteiger partial charge in [-0.2, -0.15) is 5.10 Å². The van der Waals surface area contributed by atoms with Crippen LogP contribution in [0.25, 0.3) is 0 Å². The smallest absolute Gasteiger partial charge is 0.217 e. The molecule has 0 spiro atoms. The number of hydrogen-bond acceptors (Lipinski definition) is 4. The molecule has 0 aliphatic carbocycles. The average Bonchev–Trinajstić information content (AvgIpc) is 2.89. The van der Waals surface area contributed by atoms with Crippen molar-refractivity contribution in [3.05, 3.63) is 41.9 Å². The minimum Gasteiger partial charge on any atom is -0.481 e. The first kappa shape index (κ1) is 14.5. The van der Waals surface area contributed by atoms with E-state index in [9.17, 15) is 0 Å². The zero-order valence-corrected chi connectivity index (χ0v) is 12.3. The van der Waals surface area contributed by atoms with Gasteiger partial charge in [0.15, 0.2) is 0 Å². The van der Waals surface area contributed by atoms with E-state index in [2.05, 4.69) is 34.5 Å². The summed E-state index contributed by atoms with van der Waals surface area (Å²) >= 11 is 0. The Morgan fingerprint density at radius 2 is 2.20 bits per heavy atom. The Hall–Kier alpha value is -1.88. The molecule has 0 aliphatic rings. The Labute approximate surface area is 120 Å². The fraction of sp³-hybridized carbons (Fsp3) is 0.467. The van der Waals surface area contributed by atoms with Gasteiger partial charge in [0.05, 0.1) is 7.11 Å². The molecule has 0 bridgehead atoms. The van der Waals surface area contributed by atoms with Gasteiger partial charge in [-0.25, -0.2) is 4.98 Å². The molecule has 2 aromatic rings. The maximum Gasteiger partial charge on any atom is 0.217 e. The van der Waals surface area contributed by atoms with Crippen molar-refractivity contribution in [2.45, 2.75) is 25.8 Å². The van der Waals surface area contributed by atoms with Gasteiger partial charge in [-0.15, -0.1) is 0 Å². The first-order valence-corrected chi connectivity index (χ1v) is 6.95. The van der Waals surface area contributed by atoms with Crippen LogP contribution in [0.3, 0.4) is 0 Å². The van der Waals surface area contributed by atoms with Gasteiger partial charge in [-0.05, 0) is 31.5 Å². The van der Waals surface area contributed by atoms with Crippen LogP contribution in [-0.4, -0.2) is 28.4 Å². The lowest BCUT2D eigenvalue weighted by atomic mass is 10.0. The van der Waals surface area contributed by atoms with E-state index in [0.717, 1.165) is 24.9 Å². The largest absolute Gasteiger partial charge is 0.481 e. The molecule has 0 radical (unpaired) electrons. The van der Waals surface area contributed by atoms with Crippen molar-refractivity contribution in [2.24, 2.45) is 7.05 Å². The third kappa shape index (κ3) is 3.36. The van der Waals surface area contributed by atoms with Crippen LogP contribution in [0.4, 0.5) is 0 Å². The summed E-state index contributed by atoms with van der Waals surface area (Å²) in [6, 6.07) is 6.32. The quantitative estimate of drug-likeness (QED) is 0.840. The van der Waals surface area contributed by atoms with Gasteiger partial charge in [0.1, 0.15) is 0 Å². The molecular formula is C15H22N4O. The van der Waals surface area contributed by atoms with Gasteiger partial charge in [0.2, 0.25) is 5.88 Å². The van der Waals surface area contributed by atoms with E-state index in [1.165, 1.54) is 5.69 Å².